The molecule has 0 saturated carbocycles. The molecule has 8 rings (SSSR count). The molecule has 2 aromatic heterocycles. The second-order valence-electron chi connectivity index (χ2n) is 11.7. The van der Waals surface area contributed by atoms with Crippen LogP contribution in [0.3, 0.4) is 0 Å². The Bertz CT molecular complexity index is 2090. The van der Waals surface area contributed by atoms with E-state index in [2.05, 4.69) is 191 Å². The summed E-state index contributed by atoms with van der Waals surface area (Å²) in [6.07, 6.45) is 3.45. The van der Waals surface area contributed by atoms with Crippen molar-refractivity contribution in [2.45, 2.75) is 6.92 Å². The second-order valence-corrected chi connectivity index (χ2v) is 16.1. The Morgan fingerprint density at radius 1 is 0.411 bits per heavy atom. The van der Waals surface area contributed by atoms with E-state index in [0.717, 1.165) is 12.3 Å². The Labute approximate surface area is 342 Å². The fourth-order valence-corrected chi connectivity index (χ4v) is 9.82. The van der Waals surface area contributed by atoms with Gasteiger partial charge in [-0.2, -0.15) is 0 Å². The van der Waals surface area contributed by atoms with Gasteiger partial charge in [-0.05, 0) is 54.6 Å². The summed E-state index contributed by atoms with van der Waals surface area (Å²) in [5.74, 6) is -0.410. The van der Waals surface area contributed by atoms with E-state index >= 15 is 0 Å². The third-order valence-electron chi connectivity index (χ3n) is 7.85. The van der Waals surface area contributed by atoms with Crippen LogP contribution in [-0.2, 0) is 19.5 Å². The molecule has 6 nitrogen and oxygen atoms in total. The van der Waals surface area contributed by atoms with Crippen molar-refractivity contribution >= 4 is 47.7 Å². The van der Waals surface area contributed by atoms with Crippen molar-refractivity contribution in [3.05, 3.63) is 239 Å². The first-order valence-electron chi connectivity index (χ1n) is 17.4. The van der Waals surface area contributed by atoms with E-state index in [-0.39, 0.29) is 36.7 Å². The molecule has 282 valence electrons. The molecule has 0 aliphatic heterocycles. The van der Waals surface area contributed by atoms with Crippen LogP contribution >= 0.6 is 15.8 Å². The van der Waals surface area contributed by atoms with Gasteiger partial charge in [-0.3, -0.25) is 9.59 Å². The Kier molecular flexibility index (Phi) is 17.9. The molecule has 0 spiro atoms. The molecular weight excluding hydrogens is 824 g/mol. The molecule has 0 aliphatic rings. The van der Waals surface area contributed by atoms with Crippen LogP contribution in [-0.4, -0.2) is 10.2 Å². The predicted molar refractivity (Wildman–Crippen MR) is 228 cm³/mol. The first-order chi connectivity index (χ1) is 26.9. The Morgan fingerprint density at radius 2 is 0.696 bits per heavy atom. The molecule has 0 unspecified atom stereocenters. The van der Waals surface area contributed by atoms with E-state index in [0.29, 0.717) is 0 Å². The van der Waals surface area contributed by atoms with Gasteiger partial charge in [-0.15, -0.1) is 0 Å². The zero-order valence-electron chi connectivity index (χ0n) is 30.5. The smallest absolute Gasteiger partial charge is 0.226 e. The van der Waals surface area contributed by atoms with Crippen molar-refractivity contribution in [2.24, 2.45) is 0 Å². The van der Waals surface area contributed by atoms with Crippen LogP contribution in [0.25, 0.3) is 0 Å². The van der Waals surface area contributed by atoms with E-state index in [4.69, 9.17) is 10.2 Å². The molecule has 0 aliphatic carbocycles. The van der Waals surface area contributed by atoms with Crippen LogP contribution in [0, 0.1) is 6.92 Å². The van der Waals surface area contributed by atoms with Gasteiger partial charge in [0, 0.05) is 31.6 Å². The van der Waals surface area contributed by atoms with Crippen LogP contribution < -0.4 is 42.7 Å². The minimum atomic E-state index is -0.446. The van der Waals surface area contributed by atoms with E-state index in [1.165, 1.54) is 57.3 Å². The molecule has 0 fully saturated rings. The summed E-state index contributed by atoms with van der Waals surface area (Å²) in [7, 11) is -0.892. The number of hydrogen-bond acceptors (Lipinski definition) is 6. The zero-order valence-corrected chi connectivity index (χ0v) is 34.0. The third kappa shape index (κ3) is 13.0. The summed E-state index contributed by atoms with van der Waals surface area (Å²) in [4.78, 5) is 20.8. The Balaban J connectivity index is 0.000000176. The first kappa shape index (κ1) is 43.0. The van der Waals surface area contributed by atoms with Gasteiger partial charge in [0.15, 0.2) is 5.75 Å². The van der Waals surface area contributed by atoms with E-state index in [1.54, 1.807) is 0 Å². The maximum absolute atomic E-state index is 10.5. The van der Waals surface area contributed by atoms with Crippen LogP contribution in [0.5, 0.6) is 11.5 Å². The normalized spacial score (nSPS) is 9.98. The van der Waals surface area contributed by atoms with Crippen molar-refractivity contribution in [3.63, 3.8) is 0 Å². The van der Waals surface area contributed by atoms with Crippen molar-refractivity contribution in [3.8, 4) is 11.5 Å². The molecule has 8 aromatic rings. The van der Waals surface area contributed by atoms with Crippen molar-refractivity contribution < 1.29 is 38.5 Å². The fourth-order valence-electron chi connectivity index (χ4n) is 5.21. The number of rotatable bonds is 6. The Hall–Kier alpha value is -5.70. The molecule has 0 bridgehead atoms. The second kappa shape index (κ2) is 23.3. The fraction of sp³-hybridized carbons (Fsp3) is 0.0213. The molecule has 0 saturated heterocycles. The molecule has 6 aromatic carbocycles. The minimum absolute atomic E-state index is 0. The monoisotopic (exact) mass is 864 g/mol. The predicted octanol–water partition coefficient (Wildman–Crippen LogP) is 7.89. The molecular formula is C47H40O6P2Ru. The zero-order chi connectivity index (χ0) is 38.7. The van der Waals surface area contributed by atoms with Gasteiger partial charge in [0.2, 0.25) is 16.6 Å². The summed E-state index contributed by atoms with van der Waals surface area (Å²) in [6.45, 7) is 1.52. The summed E-state index contributed by atoms with van der Waals surface area (Å²) in [5.41, 5.74) is -0.824. The van der Waals surface area contributed by atoms with Gasteiger partial charge in [-0.1, -0.05) is 182 Å². The number of hydrogen-bond donors (Lipinski definition) is 2. The standard InChI is InChI=1S/2C18H15P.C6H6O3.C5H4O3.Ru/c2*1-4-10-16(11-5-1)19(17-12-6-2-7-13-17)18-14-8-3-9-15-18;1-4-6(8)5(7)2-3-9-4;6-4-1-2-8-3-5(4)7;/h2*1-15H;2-3,8H,1H3;1-3,7H;. The quantitative estimate of drug-likeness (QED) is 0.130. The summed E-state index contributed by atoms with van der Waals surface area (Å²) >= 11 is 0. The van der Waals surface area contributed by atoms with Gasteiger partial charge in [-0.25, -0.2) is 0 Å². The van der Waals surface area contributed by atoms with Crippen molar-refractivity contribution in [1.82, 2.24) is 0 Å². The molecule has 56 heavy (non-hydrogen) atoms. The summed E-state index contributed by atoms with van der Waals surface area (Å²) in [5, 5.41) is 25.7. The number of aryl methyl sites for hydroxylation is 1. The molecule has 9 heteroatoms. The molecule has 2 N–H and O–H groups in total. The maximum atomic E-state index is 10.5. The first-order valence-corrected chi connectivity index (χ1v) is 20.0. The van der Waals surface area contributed by atoms with Crippen LogP contribution in [0.2, 0.25) is 0 Å². The maximum Gasteiger partial charge on any atom is 0.226 e. The molecule has 0 amide bonds. The van der Waals surface area contributed by atoms with Crippen LogP contribution in [0.15, 0.2) is 231 Å². The number of benzene rings is 6. The van der Waals surface area contributed by atoms with Gasteiger partial charge < -0.3 is 19.0 Å². The van der Waals surface area contributed by atoms with Gasteiger partial charge >= 0.3 is 0 Å². The topological polar surface area (TPSA) is 101 Å². The minimum Gasteiger partial charge on any atom is -0.502 e. The van der Waals surface area contributed by atoms with Gasteiger partial charge in [0.1, 0.15) is 12.0 Å². The van der Waals surface area contributed by atoms with Crippen LogP contribution in [0.1, 0.15) is 5.76 Å². The molecule has 0 atom stereocenters. The average Bonchev–Trinajstić information content (AvgIpc) is 3.24. The largest absolute Gasteiger partial charge is 0.502 e. The van der Waals surface area contributed by atoms with Crippen LogP contribution in [0.4, 0.5) is 0 Å². The Morgan fingerprint density at radius 3 is 0.911 bits per heavy atom. The summed E-state index contributed by atoms with van der Waals surface area (Å²) in [6, 6.07) is 67.0. The summed E-state index contributed by atoms with van der Waals surface area (Å²) < 4.78 is 9.13. The van der Waals surface area contributed by atoms with E-state index in [9.17, 15) is 9.59 Å². The molecule has 2 heterocycles. The van der Waals surface area contributed by atoms with Crippen molar-refractivity contribution in [1.29, 1.82) is 0 Å². The van der Waals surface area contributed by atoms with E-state index < -0.39 is 26.7 Å². The number of aromatic hydroxyl groups is 2. The van der Waals surface area contributed by atoms with Crippen molar-refractivity contribution in [2.75, 3.05) is 0 Å². The SMILES string of the molecule is Cc1occc(=O)c1O.O=c1ccocc1O.[Ru].c1ccc(P(c2ccccc2)c2ccccc2)cc1.c1ccc(P(c2ccccc2)c2ccccc2)cc1. The molecule has 0 radical (unpaired) electrons. The van der Waals surface area contributed by atoms with Gasteiger partial charge in [0.05, 0.1) is 12.5 Å². The van der Waals surface area contributed by atoms with Gasteiger partial charge in [0.25, 0.3) is 0 Å². The third-order valence-corrected chi connectivity index (χ3v) is 12.7. The van der Waals surface area contributed by atoms with E-state index in [1.807, 2.05) is 0 Å². The average molecular weight is 864 g/mol.